The molecule has 1 unspecified atom stereocenters. The van der Waals surface area contributed by atoms with E-state index in [0.29, 0.717) is 0 Å². The molecule has 0 amide bonds. The molecule has 1 aromatic heterocycles. The summed E-state index contributed by atoms with van der Waals surface area (Å²) in [6.07, 6.45) is 3.41. The van der Waals surface area contributed by atoms with Gasteiger partial charge in [-0.3, -0.25) is 0 Å². The first kappa shape index (κ1) is 21.5. The van der Waals surface area contributed by atoms with Gasteiger partial charge in [-0.25, -0.2) is 0 Å². The maximum absolute atomic E-state index is 2.60. The van der Waals surface area contributed by atoms with E-state index < -0.39 is 0 Å². The first-order valence-corrected chi connectivity index (χ1v) is 13.4. The molecule has 8 rings (SSSR count). The second-order valence-electron chi connectivity index (χ2n) is 10.7. The Hall–Kier alpha value is -4.62. The molecular weight excluding hydrogens is 458 g/mol. The van der Waals surface area contributed by atoms with Crippen molar-refractivity contribution < 1.29 is 0 Å². The van der Waals surface area contributed by atoms with Crippen molar-refractivity contribution >= 4 is 22.5 Å². The van der Waals surface area contributed by atoms with Gasteiger partial charge in [0.05, 0.1) is 11.4 Å². The van der Waals surface area contributed by atoms with E-state index in [4.69, 9.17) is 0 Å². The van der Waals surface area contributed by atoms with E-state index in [9.17, 15) is 0 Å². The van der Waals surface area contributed by atoms with Crippen molar-refractivity contribution in [2.75, 3.05) is 0 Å². The van der Waals surface area contributed by atoms with Crippen molar-refractivity contribution in [1.29, 1.82) is 0 Å². The third-order valence-electron chi connectivity index (χ3n) is 8.58. The van der Waals surface area contributed by atoms with E-state index >= 15 is 0 Å². The van der Waals surface area contributed by atoms with Gasteiger partial charge < -0.3 is 4.57 Å². The van der Waals surface area contributed by atoms with Crippen LogP contribution in [0.4, 0.5) is 0 Å². The molecule has 0 radical (unpaired) electrons. The normalized spacial score (nSPS) is 17.2. The fourth-order valence-electron chi connectivity index (χ4n) is 6.92. The molecule has 0 saturated carbocycles. The van der Waals surface area contributed by atoms with Crippen LogP contribution in [0, 0.1) is 0 Å². The van der Waals surface area contributed by atoms with Crippen LogP contribution in [0.25, 0.3) is 56.2 Å². The molecule has 1 aliphatic heterocycles. The molecule has 2 heterocycles. The minimum atomic E-state index is -0.173. The number of benzene rings is 5. The highest BCUT2D eigenvalue weighted by Gasteiger charge is 2.43. The predicted octanol–water partition coefficient (Wildman–Crippen LogP) is 7.75. The topological polar surface area (TPSA) is 4.93 Å². The number of nitrogens with zero attached hydrogens (tertiary/aromatic N) is 1. The molecule has 1 atom stereocenters. The lowest BCUT2D eigenvalue weighted by atomic mass is 9.67. The van der Waals surface area contributed by atoms with Crippen LogP contribution in [0.1, 0.15) is 18.9 Å². The average Bonchev–Trinajstić information content (AvgIpc) is 3.38. The first-order valence-electron chi connectivity index (χ1n) is 13.4. The monoisotopic (exact) mass is 485 g/mol. The summed E-state index contributed by atoms with van der Waals surface area (Å²) in [4.78, 5) is 0. The summed E-state index contributed by atoms with van der Waals surface area (Å²) in [5.41, 5.74) is 10.3. The Labute approximate surface area is 222 Å². The predicted molar refractivity (Wildman–Crippen MR) is 159 cm³/mol. The molecule has 38 heavy (non-hydrogen) atoms. The molecule has 1 heteroatoms. The van der Waals surface area contributed by atoms with Gasteiger partial charge in [-0.1, -0.05) is 127 Å². The first-order chi connectivity index (χ1) is 18.7. The van der Waals surface area contributed by atoms with Crippen LogP contribution in [0.15, 0.2) is 127 Å². The smallest absolute Gasteiger partial charge is 0.0614 e. The van der Waals surface area contributed by atoms with Crippen LogP contribution in [0.3, 0.4) is 0 Å². The van der Waals surface area contributed by atoms with Gasteiger partial charge in [-0.2, -0.15) is 0 Å². The van der Waals surface area contributed by atoms with Crippen LogP contribution in [-0.2, 0) is 5.41 Å². The molecule has 6 aromatic rings. The zero-order valence-corrected chi connectivity index (χ0v) is 21.4. The van der Waals surface area contributed by atoms with Gasteiger partial charge in [0.15, 0.2) is 0 Å². The van der Waals surface area contributed by atoms with E-state index in [1.807, 2.05) is 0 Å². The minimum Gasteiger partial charge on any atom is -0.311 e. The zero-order valence-electron chi connectivity index (χ0n) is 21.4. The Morgan fingerprint density at radius 2 is 1.32 bits per heavy atom. The Kier molecular flexibility index (Phi) is 4.48. The van der Waals surface area contributed by atoms with Crippen molar-refractivity contribution in [3.05, 3.63) is 143 Å². The summed E-state index contributed by atoms with van der Waals surface area (Å²) in [6.45, 7) is 2.46. The molecule has 5 aromatic carbocycles. The second-order valence-corrected chi connectivity index (χ2v) is 10.7. The molecule has 2 aliphatic rings. The lowest BCUT2D eigenvalue weighted by molar-refractivity contribution is 0.599. The highest BCUT2D eigenvalue weighted by Crippen LogP contribution is 2.55. The molecule has 0 saturated heterocycles. The third-order valence-corrected chi connectivity index (χ3v) is 8.58. The van der Waals surface area contributed by atoms with Gasteiger partial charge in [0.25, 0.3) is 0 Å². The summed E-state index contributed by atoms with van der Waals surface area (Å²) >= 11 is 0. The standard InChI is InChI=1S/C37H27N/c1-37-23-22-27-15-9-11-19-30(27)36(37)38-33(28-16-6-3-7-17-28)24-32(25-12-4-2-5-13-25)35(38)31-21-20-26-14-8-10-18-29(26)34(31)37/h2-22,24H,23H2,1H3. The molecule has 0 bridgehead atoms. The third kappa shape index (κ3) is 2.87. The Bertz CT molecular complexity index is 1990. The maximum Gasteiger partial charge on any atom is 0.0614 e. The number of aromatic nitrogens is 1. The van der Waals surface area contributed by atoms with Crippen molar-refractivity contribution in [2.45, 2.75) is 18.8 Å². The van der Waals surface area contributed by atoms with Crippen LogP contribution < -0.4 is 10.4 Å². The van der Waals surface area contributed by atoms with Crippen molar-refractivity contribution in [3.8, 4) is 33.6 Å². The number of hydrogen-bond donors (Lipinski definition) is 0. The van der Waals surface area contributed by atoms with E-state index in [2.05, 4.69) is 145 Å². The lowest BCUT2D eigenvalue weighted by Gasteiger charge is -2.43. The van der Waals surface area contributed by atoms with Gasteiger partial charge >= 0.3 is 0 Å². The number of rotatable bonds is 2. The number of hydrogen-bond acceptors (Lipinski definition) is 0. The SMILES string of the molecule is CC12CC=c3ccccc3=C1n1c(-c3ccccc3)cc(-c3ccccc3)c1-c1ccc3ccccc3c12. The summed E-state index contributed by atoms with van der Waals surface area (Å²) in [7, 11) is 0. The highest BCUT2D eigenvalue weighted by molar-refractivity contribution is 6.02. The molecule has 180 valence electrons. The fourth-order valence-corrected chi connectivity index (χ4v) is 6.92. The number of fused-ring (bicyclic) bond motifs is 9. The Morgan fingerprint density at radius 1 is 0.632 bits per heavy atom. The quantitative estimate of drug-likeness (QED) is 0.236. The van der Waals surface area contributed by atoms with Gasteiger partial charge in [0, 0.05) is 27.5 Å². The zero-order chi connectivity index (χ0) is 25.3. The second kappa shape index (κ2) is 7.94. The van der Waals surface area contributed by atoms with Crippen LogP contribution in [0.2, 0.25) is 0 Å². The molecule has 1 nitrogen and oxygen atoms in total. The Morgan fingerprint density at radius 3 is 2.13 bits per heavy atom. The van der Waals surface area contributed by atoms with Gasteiger partial charge in [0.2, 0.25) is 0 Å². The Balaban J connectivity index is 1.64. The highest BCUT2D eigenvalue weighted by atomic mass is 15.0. The van der Waals surface area contributed by atoms with E-state index in [-0.39, 0.29) is 5.41 Å². The van der Waals surface area contributed by atoms with Crippen molar-refractivity contribution in [3.63, 3.8) is 0 Å². The average molecular weight is 486 g/mol. The van der Waals surface area contributed by atoms with Crippen LogP contribution >= 0.6 is 0 Å². The van der Waals surface area contributed by atoms with E-state index in [0.717, 1.165) is 6.42 Å². The molecule has 0 fully saturated rings. The van der Waals surface area contributed by atoms with Gasteiger partial charge in [0.1, 0.15) is 0 Å². The van der Waals surface area contributed by atoms with Crippen molar-refractivity contribution in [2.24, 2.45) is 0 Å². The molecule has 1 aliphatic carbocycles. The maximum atomic E-state index is 2.60. The molecule has 0 spiro atoms. The van der Waals surface area contributed by atoms with Crippen LogP contribution in [0.5, 0.6) is 0 Å². The molecular formula is C37H27N. The largest absolute Gasteiger partial charge is 0.311 e. The summed E-state index contributed by atoms with van der Waals surface area (Å²) in [6, 6.07) is 46.7. The minimum absolute atomic E-state index is 0.173. The van der Waals surface area contributed by atoms with Crippen LogP contribution in [-0.4, -0.2) is 4.57 Å². The van der Waals surface area contributed by atoms with E-state index in [1.54, 1.807) is 0 Å². The summed E-state index contributed by atoms with van der Waals surface area (Å²) in [5, 5.41) is 5.30. The summed E-state index contributed by atoms with van der Waals surface area (Å²) in [5.74, 6) is 0. The van der Waals surface area contributed by atoms with E-state index in [1.165, 1.54) is 66.1 Å². The van der Waals surface area contributed by atoms with Gasteiger partial charge in [-0.15, -0.1) is 0 Å². The summed E-state index contributed by atoms with van der Waals surface area (Å²) < 4.78 is 2.60. The fraction of sp³-hybridized carbons (Fsp3) is 0.0811. The van der Waals surface area contributed by atoms with Gasteiger partial charge in [-0.05, 0) is 52.1 Å². The van der Waals surface area contributed by atoms with Crippen molar-refractivity contribution in [1.82, 2.24) is 4.57 Å². The molecule has 0 N–H and O–H groups in total. The lowest BCUT2D eigenvalue weighted by Crippen LogP contribution is -2.44.